The Labute approximate surface area is 197 Å². The highest BCUT2D eigenvalue weighted by Gasteiger charge is 2.17. The zero-order chi connectivity index (χ0) is 24.2. The van der Waals surface area contributed by atoms with Gasteiger partial charge in [-0.15, -0.1) is 0 Å². The van der Waals surface area contributed by atoms with Gasteiger partial charge in [-0.2, -0.15) is 4.98 Å². The number of unbranched alkanes of at least 4 members (excludes halogenated alkanes) is 1. The highest BCUT2D eigenvalue weighted by molar-refractivity contribution is 5.79. The van der Waals surface area contributed by atoms with E-state index in [-0.39, 0.29) is 23.8 Å². The number of aromatic nitrogens is 4. The molecular formula is C26H30N4O4. The first kappa shape index (κ1) is 23.5. The van der Waals surface area contributed by atoms with Crippen LogP contribution in [0.3, 0.4) is 0 Å². The highest BCUT2D eigenvalue weighted by atomic mass is 16.5. The second-order valence-electron chi connectivity index (χ2n) is 8.56. The number of hydrogen-bond acceptors (Lipinski definition) is 5. The molecule has 0 fully saturated rings. The summed E-state index contributed by atoms with van der Waals surface area (Å²) >= 11 is 0. The van der Waals surface area contributed by atoms with Gasteiger partial charge in [0.2, 0.25) is 0 Å². The minimum absolute atomic E-state index is 0.105. The zero-order valence-corrected chi connectivity index (χ0v) is 19.9. The maximum atomic E-state index is 13.4. The number of fused-ring (bicyclic) bond motifs is 2. The number of carbonyl (C=O) groups excluding carboxylic acids is 1. The fourth-order valence-corrected chi connectivity index (χ4v) is 4.39. The lowest BCUT2D eigenvalue weighted by molar-refractivity contribution is -0.141. The Morgan fingerprint density at radius 2 is 1.74 bits per heavy atom. The van der Waals surface area contributed by atoms with Crippen molar-refractivity contribution in [2.24, 2.45) is 0 Å². The lowest BCUT2D eigenvalue weighted by Gasteiger charge is -2.16. The molecule has 8 nitrogen and oxygen atoms in total. The van der Waals surface area contributed by atoms with Crippen LogP contribution < -0.4 is 11.2 Å². The van der Waals surface area contributed by atoms with E-state index in [1.807, 2.05) is 54.8 Å². The SMILES string of the molecule is CCCn1c(=O)n(Cc2nc(=O)c3ccccc3n2CCCCOC(C)=O)c2ccc(C)cc21. The minimum atomic E-state index is -0.303. The van der Waals surface area contributed by atoms with Gasteiger partial charge in [0.05, 0.1) is 35.1 Å². The number of hydrogen-bond donors (Lipinski definition) is 0. The van der Waals surface area contributed by atoms with Crippen LogP contribution >= 0.6 is 0 Å². The van der Waals surface area contributed by atoms with Gasteiger partial charge >= 0.3 is 11.7 Å². The predicted molar refractivity (Wildman–Crippen MR) is 132 cm³/mol. The Morgan fingerprint density at radius 1 is 0.941 bits per heavy atom. The third kappa shape index (κ3) is 4.66. The second kappa shape index (κ2) is 10.1. The van der Waals surface area contributed by atoms with Gasteiger partial charge in [0, 0.05) is 20.0 Å². The molecule has 0 saturated heterocycles. The Kier molecular flexibility index (Phi) is 6.95. The van der Waals surface area contributed by atoms with Gasteiger partial charge in [0.25, 0.3) is 5.56 Å². The van der Waals surface area contributed by atoms with E-state index in [1.165, 1.54) is 6.92 Å². The molecule has 0 aliphatic heterocycles. The molecule has 34 heavy (non-hydrogen) atoms. The molecule has 4 aromatic rings. The number of ether oxygens (including phenoxy) is 1. The minimum Gasteiger partial charge on any atom is -0.466 e. The monoisotopic (exact) mass is 462 g/mol. The third-order valence-electron chi connectivity index (χ3n) is 5.97. The molecule has 178 valence electrons. The van der Waals surface area contributed by atoms with Crippen molar-refractivity contribution in [3.63, 3.8) is 0 Å². The van der Waals surface area contributed by atoms with Crippen LogP contribution in [-0.2, 0) is 29.2 Å². The van der Waals surface area contributed by atoms with Gasteiger partial charge in [0.15, 0.2) is 0 Å². The number of carbonyl (C=O) groups is 1. The van der Waals surface area contributed by atoms with Crippen molar-refractivity contribution in [2.45, 2.75) is 59.7 Å². The van der Waals surface area contributed by atoms with Crippen LogP contribution in [-0.4, -0.2) is 31.3 Å². The van der Waals surface area contributed by atoms with E-state index in [9.17, 15) is 14.4 Å². The van der Waals surface area contributed by atoms with Crippen LogP contribution in [0.1, 0.15) is 44.5 Å². The largest absolute Gasteiger partial charge is 0.466 e. The Morgan fingerprint density at radius 3 is 2.50 bits per heavy atom. The molecule has 0 amide bonds. The predicted octanol–water partition coefficient (Wildman–Crippen LogP) is 3.62. The van der Waals surface area contributed by atoms with Crippen molar-refractivity contribution in [3.8, 4) is 0 Å². The van der Waals surface area contributed by atoms with Gasteiger partial charge < -0.3 is 9.30 Å². The van der Waals surface area contributed by atoms with Gasteiger partial charge in [-0.3, -0.25) is 18.7 Å². The fraction of sp³-hybridized carbons (Fsp3) is 0.385. The molecule has 0 aliphatic carbocycles. The summed E-state index contributed by atoms with van der Waals surface area (Å²) in [7, 11) is 0. The summed E-state index contributed by atoms with van der Waals surface area (Å²) in [6, 6.07) is 13.4. The zero-order valence-electron chi connectivity index (χ0n) is 19.9. The molecule has 8 heteroatoms. The number of para-hydroxylation sites is 1. The molecule has 0 saturated carbocycles. The van der Waals surface area contributed by atoms with Crippen molar-refractivity contribution in [3.05, 3.63) is 74.7 Å². The first-order valence-electron chi connectivity index (χ1n) is 11.7. The van der Waals surface area contributed by atoms with E-state index in [0.717, 1.165) is 35.0 Å². The molecule has 4 rings (SSSR count). The van der Waals surface area contributed by atoms with E-state index in [4.69, 9.17) is 4.74 Å². The molecule has 0 unspecified atom stereocenters. The lowest BCUT2D eigenvalue weighted by Crippen LogP contribution is -2.28. The number of rotatable bonds is 9. The average Bonchev–Trinajstić information content (AvgIpc) is 3.06. The van der Waals surface area contributed by atoms with Crippen LogP contribution in [0.5, 0.6) is 0 Å². The molecule has 2 aromatic carbocycles. The first-order valence-corrected chi connectivity index (χ1v) is 11.7. The van der Waals surface area contributed by atoms with E-state index >= 15 is 0 Å². The summed E-state index contributed by atoms with van der Waals surface area (Å²) in [4.78, 5) is 41.6. The van der Waals surface area contributed by atoms with Crippen molar-refractivity contribution >= 4 is 27.9 Å². The van der Waals surface area contributed by atoms with Crippen LogP contribution in [0, 0.1) is 6.92 Å². The smallest absolute Gasteiger partial charge is 0.329 e. The molecule has 0 radical (unpaired) electrons. The van der Waals surface area contributed by atoms with E-state index in [2.05, 4.69) is 4.98 Å². The number of aryl methyl sites for hydroxylation is 3. The molecule has 0 bridgehead atoms. The Balaban J connectivity index is 1.78. The summed E-state index contributed by atoms with van der Waals surface area (Å²) in [6.45, 7) is 7.20. The highest BCUT2D eigenvalue weighted by Crippen LogP contribution is 2.19. The van der Waals surface area contributed by atoms with Gasteiger partial charge in [0.1, 0.15) is 5.82 Å². The summed E-state index contributed by atoms with van der Waals surface area (Å²) in [5.41, 5.74) is 3.18. The number of imidazole rings is 1. The second-order valence-corrected chi connectivity index (χ2v) is 8.56. The topological polar surface area (TPSA) is 88.1 Å². The first-order chi connectivity index (χ1) is 16.4. The van der Waals surface area contributed by atoms with Crippen molar-refractivity contribution in [1.29, 1.82) is 0 Å². The standard InChI is InChI=1S/C26H30N4O4/c1-4-13-29-23-16-18(2)11-12-22(23)30(26(29)33)17-24-27-25(32)20-9-5-6-10-21(20)28(24)14-7-8-15-34-19(3)31/h5-6,9-12,16H,4,7-8,13-15,17H2,1-3H3. The van der Waals surface area contributed by atoms with Gasteiger partial charge in [-0.05, 0) is 56.0 Å². The van der Waals surface area contributed by atoms with E-state index < -0.39 is 0 Å². The van der Waals surface area contributed by atoms with Gasteiger partial charge in [-0.1, -0.05) is 25.1 Å². The summed E-state index contributed by atoms with van der Waals surface area (Å²) < 4.78 is 10.6. The number of benzene rings is 2. The van der Waals surface area contributed by atoms with Crippen molar-refractivity contribution < 1.29 is 9.53 Å². The van der Waals surface area contributed by atoms with Gasteiger partial charge in [-0.25, -0.2) is 4.79 Å². The number of nitrogens with zero attached hydrogens (tertiary/aromatic N) is 4. The van der Waals surface area contributed by atoms with Crippen LogP contribution in [0.2, 0.25) is 0 Å². The Hall–Kier alpha value is -3.68. The molecule has 0 N–H and O–H groups in total. The summed E-state index contributed by atoms with van der Waals surface area (Å²) in [6.07, 6.45) is 2.27. The van der Waals surface area contributed by atoms with Crippen molar-refractivity contribution in [2.75, 3.05) is 6.61 Å². The molecule has 0 spiro atoms. The van der Waals surface area contributed by atoms with Crippen molar-refractivity contribution in [1.82, 2.24) is 18.7 Å². The average molecular weight is 463 g/mol. The summed E-state index contributed by atoms with van der Waals surface area (Å²) in [5, 5.41) is 0.544. The van der Waals surface area contributed by atoms with Crippen LogP contribution in [0.15, 0.2) is 52.1 Å². The number of esters is 1. The van der Waals surface area contributed by atoms with Crippen LogP contribution in [0.25, 0.3) is 21.9 Å². The molecule has 2 aromatic heterocycles. The third-order valence-corrected chi connectivity index (χ3v) is 5.97. The molecular weight excluding hydrogens is 432 g/mol. The summed E-state index contributed by atoms with van der Waals surface area (Å²) in [5.74, 6) is 0.239. The lowest BCUT2D eigenvalue weighted by atomic mass is 10.2. The normalized spacial score (nSPS) is 11.4. The molecule has 2 heterocycles. The van der Waals surface area contributed by atoms with E-state index in [1.54, 1.807) is 15.2 Å². The Bertz CT molecular complexity index is 1460. The molecule has 0 aliphatic rings. The maximum absolute atomic E-state index is 13.4. The fourth-order valence-electron chi connectivity index (χ4n) is 4.39. The van der Waals surface area contributed by atoms with Crippen LogP contribution in [0.4, 0.5) is 0 Å². The maximum Gasteiger partial charge on any atom is 0.329 e. The van der Waals surface area contributed by atoms with E-state index in [0.29, 0.717) is 37.3 Å². The quantitative estimate of drug-likeness (QED) is 0.280. The molecule has 0 atom stereocenters.